The van der Waals surface area contributed by atoms with Crippen molar-refractivity contribution < 1.29 is 9.90 Å². The molecular weight excluding hydrogens is 234 g/mol. The molecule has 0 amide bonds. The third-order valence-corrected chi connectivity index (χ3v) is 3.78. The molecule has 6 heteroatoms. The molecule has 2 N–H and O–H groups in total. The van der Waals surface area contributed by atoms with E-state index in [1.807, 2.05) is 0 Å². The SMILES string of the molecule is O=C(O)C1(Nc2nccn(C3CC3)c2=O)CCC1. The van der Waals surface area contributed by atoms with E-state index in [4.69, 9.17) is 0 Å². The first-order valence-electron chi connectivity index (χ1n) is 6.21. The van der Waals surface area contributed by atoms with Gasteiger partial charge in [0.05, 0.1) is 0 Å². The van der Waals surface area contributed by atoms with Gasteiger partial charge in [-0.2, -0.15) is 0 Å². The lowest BCUT2D eigenvalue weighted by Crippen LogP contribution is -2.53. The van der Waals surface area contributed by atoms with Gasteiger partial charge in [-0.15, -0.1) is 0 Å². The molecule has 6 nitrogen and oxygen atoms in total. The molecule has 0 radical (unpaired) electrons. The fraction of sp³-hybridized carbons (Fsp3) is 0.583. The van der Waals surface area contributed by atoms with Crippen molar-refractivity contribution in [2.24, 2.45) is 0 Å². The van der Waals surface area contributed by atoms with Gasteiger partial charge in [0, 0.05) is 18.4 Å². The van der Waals surface area contributed by atoms with Crippen molar-refractivity contribution in [2.45, 2.75) is 43.7 Å². The van der Waals surface area contributed by atoms with Gasteiger partial charge in [0.25, 0.3) is 5.56 Å². The maximum absolute atomic E-state index is 12.1. The second-order valence-corrected chi connectivity index (χ2v) is 5.09. The first-order chi connectivity index (χ1) is 8.62. The van der Waals surface area contributed by atoms with Crippen molar-refractivity contribution in [3.05, 3.63) is 22.7 Å². The van der Waals surface area contributed by atoms with Crippen molar-refractivity contribution in [2.75, 3.05) is 5.32 Å². The van der Waals surface area contributed by atoms with Crippen molar-refractivity contribution in [3.63, 3.8) is 0 Å². The number of aliphatic carboxylic acids is 1. The number of carboxylic acids is 1. The number of anilines is 1. The van der Waals surface area contributed by atoms with Crippen molar-refractivity contribution in [3.8, 4) is 0 Å². The summed E-state index contributed by atoms with van der Waals surface area (Å²) in [6, 6.07) is 0.267. The predicted molar refractivity (Wildman–Crippen MR) is 64.6 cm³/mol. The van der Waals surface area contributed by atoms with Crippen LogP contribution >= 0.6 is 0 Å². The van der Waals surface area contributed by atoms with E-state index in [-0.39, 0.29) is 17.4 Å². The van der Waals surface area contributed by atoms with Gasteiger partial charge in [-0.1, -0.05) is 0 Å². The summed E-state index contributed by atoms with van der Waals surface area (Å²) in [6.45, 7) is 0. The Morgan fingerprint density at radius 1 is 1.50 bits per heavy atom. The second kappa shape index (κ2) is 3.83. The Labute approximate surface area is 104 Å². The summed E-state index contributed by atoms with van der Waals surface area (Å²) in [5, 5.41) is 12.1. The Kier molecular flexibility index (Phi) is 2.39. The van der Waals surface area contributed by atoms with Crippen LogP contribution < -0.4 is 10.9 Å². The standard InChI is InChI=1S/C12H15N3O3/c16-10-9(13-6-7-15(10)8-2-3-8)14-12(11(17)18)4-1-5-12/h6-8H,1-5H2,(H,13,14)(H,17,18). The first-order valence-corrected chi connectivity index (χ1v) is 6.21. The van der Waals surface area contributed by atoms with E-state index in [0.29, 0.717) is 12.8 Å². The molecule has 2 aliphatic rings. The molecule has 0 atom stereocenters. The summed E-state index contributed by atoms with van der Waals surface area (Å²) in [4.78, 5) is 27.4. The van der Waals surface area contributed by atoms with Crippen LogP contribution in [0.2, 0.25) is 0 Å². The van der Waals surface area contributed by atoms with E-state index in [9.17, 15) is 14.7 Å². The van der Waals surface area contributed by atoms with E-state index in [0.717, 1.165) is 19.3 Å². The van der Waals surface area contributed by atoms with Gasteiger partial charge in [-0.3, -0.25) is 4.79 Å². The Hall–Kier alpha value is -1.85. The number of hydrogen-bond donors (Lipinski definition) is 2. The smallest absolute Gasteiger partial charge is 0.329 e. The molecule has 0 spiro atoms. The minimum absolute atomic E-state index is 0.159. The maximum Gasteiger partial charge on any atom is 0.329 e. The van der Waals surface area contributed by atoms with E-state index >= 15 is 0 Å². The quantitative estimate of drug-likeness (QED) is 0.831. The monoisotopic (exact) mass is 249 g/mol. The highest BCUT2D eigenvalue weighted by atomic mass is 16.4. The van der Waals surface area contributed by atoms with Crippen LogP contribution in [0.1, 0.15) is 38.1 Å². The summed E-state index contributed by atoms with van der Waals surface area (Å²) in [6.07, 6.45) is 7.18. The van der Waals surface area contributed by atoms with Gasteiger partial charge < -0.3 is 15.0 Å². The Morgan fingerprint density at radius 2 is 2.22 bits per heavy atom. The van der Waals surface area contributed by atoms with Gasteiger partial charge in [-0.25, -0.2) is 9.78 Å². The number of carbonyl (C=O) groups is 1. The van der Waals surface area contributed by atoms with Crippen molar-refractivity contribution >= 4 is 11.8 Å². The van der Waals surface area contributed by atoms with E-state index < -0.39 is 11.5 Å². The van der Waals surface area contributed by atoms with Gasteiger partial charge in [0.15, 0.2) is 5.82 Å². The van der Waals surface area contributed by atoms with Gasteiger partial charge in [-0.05, 0) is 32.1 Å². The third kappa shape index (κ3) is 1.68. The molecule has 0 bridgehead atoms. The normalized spacial score (nSPS) is 21.1. The van der Waals surface area contributed by atoms with Crippen LogP contribution in [0, 0.1) is 0 Å². The van der Waals surface area contributed by atoms with E-state index in [1.165, 1.54) is 0 Å². The van der Waals surface area contributed by atoms with Crippen LogP contribution in [0.5, 0.6) is 0 Å². The van der Waals surface area contributed by atoms with Crippen LogP contribution in [0.15, 0.2) is 17.2 Å². The minimum Gasteiger partial charge on any atom is -0.480 e. The van der Waals surface area contributed by atoms with E-state index in [2.05, 4.69) is 10.3 Å². The maximum atomic E-state index is 12.1. The number of nitrogens with zero attached hydrogens (tertiary/aromatic N) is 2. The number of nitrogens with one attached hydrogen (secondary N) is 1. The fourth-order valence-electron chi connectivity index (χ4n) is 2.30. The first kappa shape index (κ1) is 11.3. The third-order valence-electron chi connectivity index (χ3n) is 3.78. The summed E-state index contributed by atoms with van der Waals surface area (Å²) in [7, 11) is 0. The molecule has 1 aromatic rings. The van der Waals surface area contributed by atoms with Crippen molar-refractivity contribution in [1.82, 2.24) is 9.55 Å². The fourth-order valence-corrected chi connectivity index (χ4v) is 2.30. The van der Waals surface area contributed by atoms with Gasteiger partial charge in [0.1, 0.15) is 5.54 Å². The van der Waals surface area contributed by atoms with Crippen LogP contribution in [0.25, 0.3) is 0 Å². The van der Waals surface area contributed by atoms with Crippen LogP contribution in [-0.2, 0) is 4.79 Å². The minimum atomic E-state index is -0.991. The molecule has 3 rings (SSSR count). The number of rotatable bonds is 4. The second-order valence-electron chi connectivity index (χ2n) is 5.09. The summed E-state index contributed by atoms with van der Waals surface area (Å²) >= 11 is 0. The molecule has 0 unspecified atom stereocenters. The van der Waals surface area contributed by atoms with Crippen LogP contribution in [-0.4, -0.2) is 26.2 Å². The zero-order chi connectivity index (χ0) is 12.8. The molecule has 0 aromatic carbocycles. The molecule has 2 aliphatic carbocycles. The largest absolute Gasteiger partial charge is 0.480 e. The average Bonchev–Trinajstić information content (AvgIpc) is 3.08. The van der Waals surface area contributed by atoms with Gasteiger partial charge in [0.2, 0.25) is 0 Å². The lowest BCUT2D eigenvalue weighted by Gasteiger charge is -2.38. The predicted octanol–water partition coefficient (Wildman–Crippen LogP) is 0.997. The zero-order valence-corrected chi connectivity index (χ0v) is 9.93. The Bertz CT molecular complexity index is 544. The molecule has 18 heavy (non-hydrogen) atoms. The summed E-state index contributed by atoms with van der Waals surface area (Å²) < 4.78 is 1.64. The number of aromatic nitrogens is 2. The molecule has 1 aromatic heterocycles. The highest BCUT2D eigenvalue weighted by Gasteiger charge is 2.45. The summed E-state index contributed by atoms with van der Waals surface area (Å²) in [5.41, 5.74) is -1.21. The number of hydrogen-bond acceptors (Lipinski definition) is 4. The number of carboxylic acid groups (broad SMARTS) is 1. The molecule has 0 saturated heterocycles. The molecule has 96 valence electrons. The van der Waals surface area contributed by atoms with Gasteiger partial charge >= 0.3 is 5.97 Å². The molecule has 2 fully saturated rings. The zero-order valence-electron chi connectivity index (χ0n) is 9.93. The Balaban J connectivity index is 1.91. The molecule has 2 saturated carbocycles. The lowest BCUT2D eigenvalue weighted by molar-refractivity contribution is -0.145. The van der Waals surface area contributed by atoms with Crippen molar-refractivity contribution in [1.29, 1.82) is 0 Å². The average molecular weight is 249 g/mol. The molecule has 0 aliphatic heterocycles. The van der Waals surface area contributed by atoms with Crippen LogP contribution in [0.4, 0.5) is 5.82 Å². The lowest BCUT2D eigenvalue weighted by atomic mass is 9.77. The van der Waals surface area contributed by atoms with Crippen LogP contribution in [0.3, 0.4) is 0 Å². The Morgan fingerprint density at radius 3 is 2.72 bits per heavy atom. The highest BCUT2D eigenvalue weighted by molar-refractivity contribution is 5.83. The molecule has 1 heterocycles. The molecular formula is C12H15N3O3. The van der Waals surface area contributed by atoms with E-state index in [1.54, 1.807) is 17.0 Å². The summed E-state index contributed by atoms with van der Waals surface area (Å²) in [5.74, 6) is -0.747. The highest BCUT2D eigenvalue weighted by Crippen LogP contribution is 2.35. The topological polar surface area (TPSA) is 84.2 Å².